The minimum atomic E-state index is -4.01. The van der Waals surface area contributed by atoms with Gasteiger partial charge in [-0.25, -0.2) is 17.2 Å². The van der Waals surface area contributed by atoms with Gasteiger partial charge in [-0.2, -0.15) is 4.31 Å². The number of hydrogen-bond donors (Lipinski definition) is 1. The number of nitrogens with two attached hydrogens (primary N) is 1. The van der Waals surface area contributed by atoms with Crippen molar-refractivity contribution in [2.75, 3.05) is 32.4 Å². The fourth-order valence-electron chi connectivity index (χ4n) is 2.46. The van der Waals surface area contributed by atoms with E-state index < -0.39 is 26.6 Å². The van der Waals surface area contributed by atoms with Gasteiger partial charge in [-0.3, -0.25) is 0 Å². The van der Waals surface area contributed by atoms with Crippen LogP contribution in [0.25, 0.3) is 0 Å². The summed E-state index contributed by atoms with van der Waals surface area (Å²) in [5.74, 6) is -2.08. The van der Waals surface area contributed by atoms with E-state index in [0.29, 0.717) is 12.6 Å². The molecule has 0 saturated carbocycles. The van der Waals surface area contributed by atoms with Crippen LogP contribution in [-0.2, 0) is 10.0 Å². The second-order valence-electron chi connectivity index (χ2n) is 5.21. The van der Waals surface area contributed by atoms with Crippen LogP contribution in [0.1, 0.15) is 13.3 Å². The number of halogens is 2. The monoisotopic (exact) mass is 319 g/mol. The van der Waals surface area contributed by atoms with Gasteiger partial charge in [0.05, 0.1) is 5.69 Å². The van der Waals surface area contributed by atoms with Crippen LogP contribution in [0.5, 0.6) is 0 Å². The molecule has 0 spiro atoms. The number of piperazine rings is 1. The topological polar surface area (TPSA) is 66.6 Å². The highest BCUT2D eigenvalue weighted by Gasteiger charge is 2.34. The Hall–Kier alpha value is -1.25. The van der Waals surface area contributed by atoms with Gasteiger partial charge < -0.3 is 10.6 Å². The average Bonchev–Trinajstić information content (AvgIpc) is 2.43. The molecule has 0 amide bonds. The third-order valence-electron chi connectivity index (χ3n) is 3.88. The second kappa shape index (κ2) is 5.86. The van der Waals surface area contributed by atoms with Crippen LogP contribution in [0, 0.1) is 11.6 Å². The van der Waals surface area contributed by atoms with Crippen molar-refractivity contribution in [2.24, 2.45) is 0 Å². The average molecular weight is 319 g/mol. The van der Waals surface area contributed by atoms with Gasteiger partial charge in [0.15, 0.2) is 0 Å². The van der Waals surface area contributed by atoms with Gasteiger partial charge in [0.1, 0.15) is 16.5 Å². The maximum atomic E-state index is 13.8. The fraction of sp³-hybridized carbons (Fsp3) is 0.538. The van der Waals surface area contributed by atoms with Crippen molar-refractivity contribution < 1.29 is 17.2 Å². The number of hydrogen-bond acceptors (Lipinski definition) is 4. The number of likely N-dealkylation sites (N-methyl/N-ethyl adjacent to an activating group) is 1. The lowest BCUT2D eigenvalue weighted by atomic mass is 10.1. The molecule has 1 aromatic rings. The Morgan fingerprint density at radius 1 is 1.29 bits per heavy atom. The van der Waals surface area contributed by atoms with Crippen molar-refractivity contribution in [3.05, 3.63) is 23.8 Å². The number of rotatable bonds is 3. The zero-order valence-electron chi connectivity index (χ0n) is 12.0. The van der Waals surface area contributed by atoms with E-state index in [4.69, 9.17) is 5.73 Å². The summed E-state index contributed by atoms with van der Waals surface area (Å²) in [5.41, 5.74) is 4.98. The van der Waals surface area contributed by atoms with Crippen molar-refractivity contribution in [3.8, 4) is 0 Å². The van der Waals surface area contributed by atoms with E-state index in [9.17, 15) is 17.2 Å². The molecule has 1 atom stereocenters. The van der Waals surface area contributed by atoms with Crippen molar-refractivity contribution in [1.29, 1.82) is 0 Å². The molecule has 118 valence electrons. The number of sulfonamides is 1. The molecule has 0 bridgehead atoms. The minimum absolute atomic E-state index is 0.0781. The molecule has 1 unspecified atom stereocenters. The molecular formula is C13H19F2N3O2S. The molecule has 8 heteroatoms. The van der Waals surface area contributed by atoms with Gasteiger partial charge in [-0.15, -0.1) is 0 Å². The van der Waals surface area contributed by atoms with E-state index >= 15 is 0 Å². The number of benzene rings is 1. The molecule has 0 radical (unpaired) electrons. The zero-order chi connectivity index (χ0) is 15.8. The van der Waals surface area contributed by atoms with Crippen LogP contribution in [0.2, 0.25) is 0 Å². The summed E-state index contributed by atoms with van der Waals surface area (Å²) >= 11 is 0. The molecule has 1 heterocycles. The lowest BCUT2D eigenvalue weighted by Crippen LogP contribution is -2.52. The van der Waals surface area contributed by atoms with E-state index in [1.807, 2.05) is 14.0 Å². The zero-order valence-corrected chi connectivity index (χ0v) is 12.8. The van der Waals surface area contributed by atoms with Crippen LogP contribution < -0.4 is 5.73 Å². The quantitative estimate of drug-likeness (QED) is 0.852. The first-order chi connectivity index (χ1) is 9.77. The summed E-state index contributed by atoms with van der Waals surface area (Å²) in [6.45, 7) is 3.09. The first-order valence-corrected chi connectivity index (χ1v) is 8.16. The molecule has 1 aromatic carbocycles. The highest BCUT2D eigenvalue weighted by atomic mass is 32.2. The standard InChI is InChI=1S/C13H19F2N3O2S/c1-3-9-8-18(5-4-17(9)2)21(19,20)13-7-12(16)10(14)6-11(13)15/h6-7,9H,3-5,8,16H2,1-2H3. The van der Waals surface area contributed by atoms with Crippen LogP contribution >= 0.6 is 0 Å². The lowest BCUT2D eigenvalue weighted by Gasteiger charge is -2.38. The molecule has 2 N–H and O–H groups in total. The van der Waals surface area contributed by atoms with E-state index in [2.05, 4.69) is 4.90 Å². The first kappa shape index (κ1) is 16.1. The van der Waals surface area contributed by atoms with Crippen LogP contribution in [0.4, 0.5) is 14.5 Å². The maximum Gasteiger partial charge on any atom is 0.246 e. The van der Waals surface area contributed by atoms with Crippen molar-refractivity contribution in [1.82, 2.24) is 9.21 Å². The molecule has 0 aromatic heterocycles. The van der Waals surface area contributed by atoms with Gasteiger partial charge in [-0.05, 0) is 19.5 Å². The van der Waals surface area contributed by atoms with E-state index in [0.717, 1.165) is 12.5 Å². The SMILES string of the molecule is CCC1CN(S(=O)(=O)c2cc(N)c(F)cc2F)CCN1C. The summed E-state index contributed by atoms with van der Waals surface area (Å²) in [7, 11) is -2.09. The summed E-state index contributed by atoms with van der Waals surface area (Å²) < 4.78 is 53.3. The van der Waals surface area contributed by atoms with Gasteiger partial charge >= 0.3 is 0 Å². The number of anilines is 1. The van der Waals surface area contributed by atoms with Crippen molar-refractivity contribution in [3.63, 3.8) is 0 Å². The minimum Gasteiger partial charge on any atom is -0.396 e. The van der Waals surface area contributed by atoms with Crippen molar-refractivity contribution >= 4 is 15.7 Å². The van der Waals surface area contributed by atoms with E-state index in [1.165, 1.54) is 4.31 Å². The summed E-state index contributed by atoms with van der Waals surface area (Å²) in [6.07, 6.45) is 0.788. The first-order valence-electron chi connectivity index (χ1n) is 6.72. The Morgan fingerprint density at radius 3 is 2.57 bits per heavy atom. The van der Waals surface area contributed by atoms with Gasteiger partial charge in [0.25, 0.3) is 0 Å². The second-order valence-corrected chi connectivity index (χ2v) is 7.12. The van der Waals surface area contributed by atoms with Crippen LogP contribution in [0.3, 0.4) is 0 Å². The van der Waals surface area contributed by atoms with Gasteiger partial charge in [-0.1, -0.05) is 6.92 Å². The summed E-state index contributed by atoms with van der Waals surface area (Å²) in [4.78, 5) is 1.50. The van der Waals surface area contributed by atoms with Crippen LogP contribution in [-0.4, -0.2) is 50.3 Å². The number of nitrogens with zero attached hydrogens (tertiary/aromatic N) is 2. The smallest absolute Gasteiger partial charge is 0.246 e. The molecule has 1 aliphatic heterocycles. The van der Waals surface area contributed by atoms with Gasteiger partial charge in [0.2, 0.25) is 10.0 Å². The molecule has 1 fully saturated rings. The van der Waals surface area contributed by atoms with E-state index in [1.54, 1.807) is 0 Å². The molecular weight excluding hydrogens is 300 g/mol. The molecule has 1 saturated heterocycles. The van der Waals surface area contributed by atoms with Crippen molar-refractivity contribution in [2.45, 2.75) is 24.3 Å². The highest BCUT2D eigenvalue weighted by molar-refractivity contribution is 7.89. The number of nitrogen functional groups attached to an aromatic ring is 1. The highest BCUT2D eigenvalue weighted by Crippen LogP contribution is 2.26. The predicted molar refractivity (Wildman–Crippen MR) is 76.2 cm³/mol. The maximum absolute atomic E-state index is 13.8. The third-order valence-corrected chi connectivity index (χ3v) is 5.76. The molecule has 5 nitrogen and oxygen atoms in total. The normalized spacial score (nSPS) is 21.6. The largest absolute Gasteiger partial charge is 0.396 e. The molecule has 1 aliphatic rings. The lowest BCUT2D eigenvalue weighted by molar-refractivity contribution is 0.144. The molecule has 2 rings (SSSR count). The van der Waals surface area contributed by atoms with Crippen LogP contribution in [0.15, 0.2) is 17.0 Å². The molecule has 0 aliphatic carbocycles. The van der Waals surface area contributed by atoms with Gasteiger partial charge in [0, 0.05) is 31.7 Å². The summed E-state index contributed by atoms with van der Waals surface area (Å²) in [6, 6.07) is 1.43. The Kier molecular flexibility index (Phi) is 4.50. The predicted octanol–water partition coefficient (Wildman–Crippen LogP) is 1.26. The summed E-state index contributed by atoms with van der Waals surface area (Å²) in [5, 5.41) is 0. The van der Waals surface area contributed by atoms with E-state index in [-0.39, 0.29) is 24.8 Å². The molecule has 21 heavy (non-hydrogen) atoms. The Morgan fingerprint density at radius 2 is 1.95 bits per heavy atom. The Bertz CT molecular complexity index is 637. The Balaban J connectivity index is 2.37. The third kappa shape index (κ3) is 3.02. The fourth-order valence-corrected chi connectivity index (χ4v) is 4.01. The Labute approximate surface area is 123 Å².